The molecular weight excluding hydrogens is 534 g/mol. The van der Waals surface area contributed by atoms with Gasteiger partial charge in [0, 0.05) is 11.1 Å². The molecule has 0 radical (unpaired) electrons. The molecule has 0 aliphatic carbocycles. The number of rotatable bonds is 11. The SMILES string of the molecule is CCOC(=O)[C@H](C)Oc1c(C=Nn2c(-c3cc(C(C)C)c(OCC)cc3C)nc3ccccc3c2=O)cccc1OC. The van der Waals surface area contributed by atoms with E-state index in [0.717, 1.165) is 22.4 Å². The standard InChI is InChI=1S/C33H37N3O6/c1-8-40-29-17-21(5)26(18-25(29)20(3)4)31-35-27-15-11-10-14-24(27)32(37)36(31)34-19-23-13-12-16-28(39-7)30(23)42-22(6)33(38)41-9-2/h10-20,22H,8-9H2,1-7H3/t22-/m0/s1. The van der Waals surface area contributed by atoms with E-state index < -0.39 is 12.1 Å². The minimum atomic E-state index is -0.894. The van der Waals surface area contributed by atoms with Crippen LogP contribution in [0.1, 0.15) is 57.2 Å². The van der Waals surface area contributed by atoms with E-state index in [1.165, 1.54) is 18.0 Å². The number of esters is 1. The lowest BCUT2D eigenvalue weighted by Crippen LogP contribution is -2.26. The molecule has 0 saturated heterocycles. The van der Waals surface area contributed by atoms with Gasteiger partial charge < -0.3 is 18.9 Å². The highest BCUT2D eigenvalue weighted by atomic mass is 16.6. The molecule has 42 heavy (non-hydrogen) atoms. The van der Waals surface area contributed by atoms with Gasteiger partial charge in [-0.15, -0.1) is 0 Å². The topological polar surface area (TPSA) is 101 Å². The average Bonchev–Trinajstić information content (AvgIpc) is 2.97. The number of hydrogen-bond acceptors (Lipinski definition) is 8. The van der Waals surface area contributed by atoms with Crippen LogP contribution in [0.15, 0.2) is 64.5 Å². The maximum Gasteiger partial charge on any atom is 0.347 e. The summed E-state index contributed by atoms with van der Waals surface area (Å²) in [5.74, 6) is 1.57. The first-order valence-corrected chi connectivity index (χ1v) is 14.0. The van der Waals surface area contributed by atoms with E-state index in [1.807, 2.05) is 38.1 Å². The Hall–Kier alpha value is -4.66. The Morgan fingerprint density at radius 2 is 1.79 bits per heavy atom. The van der Waals surface area contributed by atoms with Crippen molar-refractivity contribution < 1.29 is 23.7 Å². The lowest BCUT2D eigenvalue weighted by molar-refractivity contribution is -0.150. The van der Waals surface area contributed by atoms with Gasteiger partial charge in [0.15, 0.2) is 23.4 Å². The van der Waals surface area contributed by atoms with Gasteiger partial charge in [-0.1, -0.05) is 32.0 Å². The molecule has 1 heterocycles. The minimum Gasteiger partial charge on any atom is -0.494 e. The zero-order valence-electron chi connectivity index (χ0n) is 25.1. The van der Waals surface area contributed by atoms with Crippen LogP contribution < -0.4 is 19.8 Å². The summed E-state index contributed by atoms with van der Waals surface area (Å²) in [6.07, 6.45) is 0.611. The fourth-order valence-corrected chi connectivity index (χ4v) is 4.60. The van der Waals surface area contributed by atoms with Crippen molar-refractivity contribution in [1.82, 2.24) is 9.66 Å². The van der Waals surface area contributed by atoms with Gasteiger partial charge in [0.2, 0.25) is 0 Å². The zero-order valence-corrected chi connectivity index (χ0v) is 25.1. The summed E-state index contributed by atoms with van der Waals surface area (Å²) < 4.78 is 23.8. The maximum absolute atomic E-state index is 13.9. The van der Waals surface area contributed by atoms with Gasteiger partial charge in [-0.3, -0.25) is 4.79 Å². The first kappa shape index (κ1) is 30.3. The summed E-state index contributed by atoms with van der Waals surface area (Å²) in [7, 11) is 1.51. The minimum absolute atomic E-state index is 0.174. The molecule has 9 heteroatoms. The Kier molecular flexibility index (Phi) is 9.62. The van der Waals surface area contributed by atoms with Crippen LogP contribution in [0.3, 0.4) is 0 Å². The Bertz CT molecular complexity index is 1670. The van der Waals surface area contributed by atoms with Crippen LogP contribution in [0.25, 0.3) is 22.3 Å². The second kappa shape index (κ2) is 13.3. The van der Waals surface area contributed by atoms with E-state index in [2.05, 4.69) is 18.9 Å². The van der Waals surface area contributed by atoms with Crippen molar-refractivity contribution in [3.8, 4) is 28.6 Å². The third kappa shape index (κ3) is 6.30. The lowest BCUT2D eigenvalue weighted by Gasteiger charge is -2.19. The van der Waals surface area contributed by atoms with Gasteiger partial charge in [0.05, 0.1) is 37.4 Å². The Morgan fingerprint density at radius 3 is 2.48 bits per heavy atom. The third-order valence-corrected chi connectivity index (χ3v) is 6.73. The molecule has 0 amide bonds. The number of aromatic nitrogens is 2. The molecule has 0 bridgehead atoms. The lowest BCUT2D eigenvalue weighted by atomic mass is 9.96. The molecule has 0 fully saturated rings. The first-order chi connectivity index (χ1) is 20.2. The number of aryl methyl sites for hydroxylation is 1. The van der Waals surface area contributed by atoms with E-state index in [-0.39, 0.29) is 18.1 Å². The number of fused-ring (bicyclic) bond motifs is 1. The Morgan fingerprint density at radius 1 is 1.02 bits per heavy atom. The third-order valence-electron chi connectivity index (χ3n) is 6.73. The van der Waals surface area contributed by atoms with Crippen LogP contribution in [-0.2, 0) is 9.53 Å². The smallest absolute Gasteiger partial charge is 0.347 e. The van der Waals surface area contributed by atoms with Crippen molar-refractivity contribution >= 4 is 23.1 Å². The van der Waals surface area contributed by atoms with Crippen LogP contribution >= 0.6 is 0 Å². The van der Waals surface area contributed by atoms with E-state index in [0.29, 0.717) is 40.4 Å². The van der Waals surface area contributed by atoms with Crippen molar-refractivity contribution in [2.24, 2.45) is 5.10 Å². The molecule has 3 aromatic carbocycles. The van der Waals surface area contributed by atoms with Crippen LogP contribution in [0.2, 0.25) is 0 Å². The zero-order chi connectivity index (χ0) is 30.4. The first-order valence-electron chi connectivity index (χ1n) is 14.0. The monoisotopic (exact) mass is 571 g/mol. The van der Waals surface area contributed by atoms with Crippen molar-refractivity contribution in [2.45, 2.75) is 53.6 Å². The van der Waals surface area contributed by atoms with E-state index in [1.54, 1.807) is 44.2 Å². The molecule has 0 unspecified atom stereocenters. The largest absolute Gasteiger partial charge is 0.494 e. The van der Waals surface area contributed by atoms with Crippen LogP contribution in [0, 0.1) is 6.92 Å². The van der Waals surface area contributed by atoms with Crippen LogP contribution in [0.5, 0.6) is 17.2 Å². The van der Waals surface area contributed by atoms with Crippen molar-refractivity contribution in [2.75, 3.05) is 20.3 Å². The molecule has 4 aromatic rings. The number of benzene rings is 3. The number of carbonyl (C=O) groups excluding carboxylic acids is 1. The highest BCUT2D eigenvalue weighted by Crippen LogP contribution is 2.35. The highest BCUT2D eigenvalue weighted by molar-refractivity contribution is 5.86. The molecule has 4 rings (SSSR count). The number of ether oxygens (including phenoxy) is 4. The molecule has 0 spiro atoms. The molecular formula is C33H37N3O6. The predicted molar refractivity (Wildman–Crippen MR) is 164 cm³/mol. The number of nitrogens with zero attached hydrogens (tertiary/aromatic N) is 3. The van der Waals surface area contributed by atoms with Crippen molar-refractivity contribution in [3.63, 3.8) is 0 Å². The van der Waals surface area contributed by atoms with E-state index in [4.69, 9.17) is 23.9 Å². The number of hydrogen-bond donors (Lipinski definition) is 0. The normalized spacial score (nSPS) is 12.1. The van der Waals surface area contributed by atoms with Crippen molar-refractivity contribution in [3.05, 3.63) is 81.6 Å². The molecule has 0 aliphatic rings. The Balaban J connectivity index is 1.91. The summed E-state index contributed by atoms with van der Waals surface area (Å²) in [6.45, 7) is 12.2. The van der Waals surface area contributed by atoms with Crippen LogP contribution in [-0.4, -0.2) is 48.3 Å². The summed E-state index contributed by atoms with van der Waals surface area (Å²) in [5, 5.41) is 5.07. The molecule has 0 N–H and O–H groups in total. The summed E-state index contributed by atoms with van der Waals surface area (Å²) in [4.78, 5) is 31.0. The number of para-hydroxylation sites is 2. The highest BCUT2D eigenvalue weighted by Gasteiger charge is 2.21. The predicted octanol–water partition coefficient (Wildman–Crippen LogP) is 6.12. The van der Waals surface area contributed by atoms with Gasteiger partial charge in [-0.05, 0) is 81.1 Å². The molecule has 220 valence electrons. The van der Waals surface area contributed by atoms with Crippen molar-refractivity contribution in [1.29, 1.82) is 0 Å². The quantitative estimate of drug-likeness (QED) is 0.158. The second-order valence-corrected chi connectivity index (χ2v) is 10.00. The summed E-state index contributed by atoms with van der Waals surface area (Å²) in [6, 6.07) is 16.4. The molecule has 0 aliphatic heterocycles. The molecule has 9 nitrogen and oxygen atoms in total. The second-order valence-electron chi connectivity index (χ2n) is 10.00. The molecule has 0 saturated carbocycles. The fourth-order valence-electron chi connectivity index (χ4n) is 4.60. The average molecular weight is 572 g/mol. The molecule has 1 aromatic heterocycles. The maximum atomic E-state index is 13.9. The van der Waals surface area contributed by atoms with E-state index >= 15 is 0 Å². The van der Waals surface area contributed by atoms with E-state index in [9.17, 15) is 9.59 Å². The van der Waals surface area contributed by atoms with Crippen LogP contribution in [0.4, 0.5) is 0 Å². The van der Waals surface area contributed by atoms with Gasteiger partial charge in [0.1, 0.15) is 5.75 Å². The van der Waals surface area contributed by atoms with Gasteiger partial charge >= 0.3 is 5.97 Å². The number of methoxy groups -OCH3 is 1. The summed E-state index contributed by atoms with van der Waals surface area (Å²) in [5.41, 5.74) is 3.41. The van der Waals surface area contributed by atoms with Gasteiger partial charge in [-0.2, -0.15) is 9.78 Å². The Labute approximate surface area is 245 Å². The summed E-state index contributed by atoms with van der Waals surface area (Å²) >= 11 is 0. The van der Waals surface area contributed by atoms with Gasteiger partial charge in [0.25, 0.3) is 5.56 Å². The fraction of sp³-hybridized carbons (Fsp3) is 0.333. The van der Waals surface area contributed by atoms with Gasteiger partial charge in [-0.25, -0.2) is 9.78 Å². The number of carbonyl (C=O) groups is 1. The molecule has 1 atom stereocenters.